The lowest BCUT2D eigenvalue weighted by atomic mass is 10.1. The van der Waals surface area contributed by atoms with Gasteiger partial charge in [0.15, 0.2) is 0 Å². The second-order valence-corrected chi connectivity index (χ2v) is 7.99. The zero-order valence-electron chi connectivity index (χ0n) is 13.1. The van der Waals surface area contributed by atoms with Crippen molar-refractivity contribution in [1.82, 2.24) is 4.98 Å². The zero-order chi connectivity index (χ0) is 16.3. The van der Waals surface area contributed by atoms with Gasteiger partial charge in [-0.2, -0.15) is 0 Å². The average Bonchev–Trinajstić information content (AvgIpc) is 2.80. The van der Waals surface area contributed by atoms with Crippen molar-refractivity contribution in [1.29, 1.82) is 0 Å². The maximum Gasteiger partial charge on any atom is 0.229 e. The zero-order valence-corrected chi connectivity index (χ0v) is 14.7. The number of hydrogen-bond acceptors (Lipinski definition) is 5. The van der Waals surface area contributed by atoms with Crippen LogP contribution in [0.15, 0.2) is 24.3 Å². The fourth-order valence-corrected chi connectivity index (χ4v) is 3.60. The van der Waals surface area contributed by atoms with Gasteiger partial charge in [0.25, 0.3) is 0 Å². The molecule has 22 heavy (non-hydrogen) atoms. The summed E-state index contributed by atoms with van der Waals surface area (Å²) >= 11 is 1.62. The van der Waals surface area contributed by atoms with Crippen LogP contribution >= 0.6 is 11.3 Å². The fourth-order valence-electron chi connectivity index (χ4n) is 2.09. The first-order valence-corrected chi connectivity index (χ1v) is 9.68. The van der Waals surface area contributed by atoms with Crippen LogP contribution < -0.4 is 4.72 Å². The van der Waals surface area contributed by atoms with Gasteiger partial charge in [-0.15, -0.1) is 11.3 Å². The van der Waals surface area contributed by atoms with Crippen molar-refractivity contribution in [3.63, 3.8) is 0 Å². The largest absolute Gasteiger partial charge is 0.372 e. The minimum atomic E-state index is -3.26. The number of hydrogen-bond donors (Lipinski definition) is 1. The number of nitrogens with one attached hydrogen (secondary N) is 1. The molecule has 0 amide bonds. The van der Waals surface area contributed by atoms with Crippen molar-refractivity contribution in [2.24, 2.45) is 0 Å². The monoisotopic (exact) mass is 340 g/mol. The van der Waals surface area contributed by atoms with Crippen LogP contribution in [0.5, 0.6) is 0 Å². The molecule has 2 rings (SSSR count). The summed E-state index contributed by atoms with van der Waals surface area (Å²) in [7, 11) is -3.26. The molecule has 5 nitrogen and oxygen atoms in total. The fraction of sp³-hybridized carbons (Fsp3) is 0.400. The molecular weight excluding hydrogens is 320 g/mol. The first-order valence-electron chi connectivity index (χ1n) is 6.97. The van der Waals surface area contributed by atoms with Crippen molar-refractivity contribution in [2.75, 3.05) is 17.6 Å². The Labute approximate surface area is 135 Å². The van der Waals surface area contributed by atoms with E-state index in [1.807, 2.05) is 32.9 Å². The van der Waals surface area contributed by atoms with E-state index >= 15 is 0 Å². The Kier molecular flexibility index (Phi) is 5.20. The van der Waals surface area contributed by atoms with Crippen LogP contribution in [0.25, 0.3) is 11.3 Å². The number of aryl methyl sites for hydroxylation is 1. The maximum atomic E-state index is 11.2. The molecule has 1 atom stereocenters. The Bertz CT molecular complexity index is 737. The maximum absolute atomic E-state index is 11.2. The second-order valence-electron chi connectivity index (χ2n) is 5.01. The standard InChI is InChI=1S/C15H20N2O3S2/c1-5-20-10(2)15-16-14(11(3)21-15)12-6-8-13(9-7-12)17-22(4,18)19/h6-10,17H,5H2,1-4H3/t10-/m1/s1. The summed E-state index contributed by atoms with van der Waals surface area (Å²) in [6, 6.07) is 7.21. The van der Waals surface area contributed by atoms with Gasteiger partial charge in [0.1, 0.15) is 11.1 Å². The lowest BCUT2D eigenvalue weighted by molar-refractivity contribution is 0.0762. The summed E-state index contributed by atoms with van der Waals surface area (Å²) in [5.41, 5.74) is 2.42. The lowest BCUT2D eigenvalue weighted by Gasteiger charge is -2.07. The first kappa shape index (κ1) is 16.9. The van der Waals surface area contributed by atoms with E-state index in [-0.39, 0.29) is 6.10 Å². The smallest absolute Gasteiger partial charge is 0.229 e. The molecule has 0 bridgehead atoms. The van der Waals surface area contributed by atoms with E-state index in [1.165, 1.54) is 0 Å². The van der Waals surface area contributed by atoms with Gasteiger partial charge >= 0.3 is 0 Å². The molecule has 1 aromatic carbocycles. The Balaban J connectivity index is 2.25. The third kappa shape index (κ3) is 4.28. The number of sulfonamides is 1. The van der Waals surface area contributed by atoms with Gasteiger partial charge < -0.3 is 4.74 Å². The third-order valence-corrected chi connectivity index (χ3v) is 4.78. The normalized spacial score (nSPS) is 13.1. The van der Waals surface area contributed by atoms with Gasteiger partial charge in [-0.25, -0.2) is 13.4 Å². The summed E-state index contributed by atoms with van der Waals surface area (Å²) in [5.74, 6) is 0. The van der Waals surface area contributed by atoms with Crippen LogP contribution in [0.2, 0.25) is 0 Å². The molecular formula is C15H20N2O3S2. The minimum Gasteiger partial charge on any atom is -0.372 e. The van der Waals surface area contributed by atoms with Crippen LogP contribution in [-0.4, -0.2) is 26.3 Å². The molecule has 0 saturated carbocycles. The van der Waals surface area contributed by atoms with Crippen molar-refractivity contribution >= 4 is 27.0 Å². The molecule has 1 N–H and O–H groups in total. The predicted octanol–water partition coefficient (Wildman–Crippen LogP) is 3.59. The van der Waals surface area contributed by atoms with E-state index in [4.69, 9.17) is 4.74 Å². The molecule has 0 spiro atoms. The third-order valence-electron chi connectivity index (χ3n) is 3.04. The van der Waals surface area contributed by atoms with Gasteiger partial charge in [-0.05, 0) is 32.9 Å². The number of benzene rings is 1. The van der Waals surface area contributed by atoms with E-state index in [9.17, 15) is 8.42 Å². The van der Waals surface area contributed by atoms with Gasteiger partial charge in [0, 0.05) is 22.7 Å². The summed E-state index contributed by atoms with van der Waals surface area (Å²) in [4.78, 5) is 5.77. The van der Waals surface area contributed by atoms with Gasteiger partial charge in [0.05, 0.1) is 11.9 Å². The van der Waals surface area contributed by atoms with E-state index in [0.717, 1.165) is 27.4 Å². The highest BCUT2D eigenvalue weighted by atomic mass is 32.2. The Morgan fingerprint density at radius 1 is 1.32 bits per heavy atom. The summed E-state index contributed by atoms with van der Waals surface area (Å²) in [6.07, 6.45) is 1.11. The van der Waals surface area contributed by atoms with E-state index in [0.29, 0.717) is 12.3 Å². The van der Waals surface area contributed by atoms with Crippen molar-refractivity contribution in [3.05, 3.63) is 34.2 Å². The summed E-state index contributed by atoms with van der Waals surface area (Å²) < 4.78 is 30.5. The highest BCUT2D eigenvalue weighted by Crippen LogP contribution is 2.32. The van der Waals surface area contributed by atoms with Gasteiger partial charge in [-0.1, -0.05) is 12.1 Å². The first-order chi connectivity index (χ1) is 10.3. The quantitative estimate of drug-likeness (QED) is 0.872. The molecule has 1 aromatic heterocycles. The molecule has 0 radical (unpaired) electrons. The van der Waals surface area contributed by atoms with Crippen LogP contribution in [0, 0.1) is 6.92 Å². The summed E-state index contributed by atoms with van der Waals surface area (Å²) in [6.45, 7) is 6.63. The molecule has 2 aromatic rings. The molecule has 0 unspecified atom stereocenters. The average molecular weight is 340 g/mol. The van der Waals surface area contributed by atoms with E-state index < -0.39 is 10.0 Å². The molecule has 0 aliphatic carbocycles. The van der Waals surface area contributed by atoms with E-state index in [2.05, 4.69) is 9.71 Å². The predicted molar refractivity (Wildman–Crippen MR) is 90.8 cm³/mol. The van der Waals surface area contributed by atoms with Crippen molar-refractivity contribution in [2.45, 2.75) is 26.9 Å². The number of thiazole rings is 1. The number of ether oxygens (including phenoxy) is 1. The number of nitrogens with zero attached hydrogens (tertiary/aromatic N) is 1. The number of rotatable bonds is 6. The lowest BCUT2D eigenvalue weighted by Crippen LogP contribution is -2.09. The van der Waals surface area contributed by atoms with Crippen molar-refractivity contribution in [3.8, 4) is 11.3 Å². The van der Waals surface area contributed by atoms with Crippen molar-refractivity contribution < 1.29 is 13.2 Å². The highest BCUT2D eigenvalue weighted by molar-refractivity contribution is 7.92. The Hall–Kier alpha value is -1.44. The number of anilines is 1. The molecule has 0 aliphatic heterocycles. The summed E-state index contributed by atoms with van der Waals surface area (Å²) in [5, 5.41) is 0.952. The van der Waals surface area contributed by atoms with Crippen LogP contribution in [0.4, 0.5) is 5.69 Å². The molecule has 0 saturated heterocycles. The SMILES string of the molecule is CCO[C@H](C)c1nc(-c2ccc(NS(C)(=O)=O)cc2)c(C)s1. The topological polar surface area (TPSA) is 68.3 Å². The van der Waals surface area contributed by atoms with Crippen LogP contribution in [0.3, 0.4) is 0 Å². The molecule has 7 heteroatoms. The minimum absolute atomic E-state index is 0.0198. The molecule has 0 fully saturated rings. The second kappa shape index (κ2) is 6.76. The van der Waals surface area contributed by atoms with Crippen LogP contribution in [0.1, 0.15) is 29.8 Å². The van der Waals surface area contributed by atoms with E-state index in [1.54, 1.807) is 23.5 Å². The molecule has 0 aliphatic rings. The van der Waals surface area contributed by atoms with Gasteiger partial charge in [0.2, 0.25) is 10.0 Å². The highest BCUT2D eigenvalue weighted by Gasteiger charge is 2.15. The molecule has 1 heterocycles. The Morgan fingerprint density at radius 3 is 2.50 bits per heavy atom. The van der Waals surface area contributed by atoms with Gasteiger partial charge in [-0.3, -0.25) is 4.72 Å². The Morgan fingerprint density at radius 2 is 1.95 bits per heavy atom. The molecule has 120 valence electrons. The number of aromatic nitrogens is 1. The van der Waals surface area contributed by atoms with Crippen LogP contribution in [-0.2, 0) is 14.8 Å².